The van der Waals surface area contributed by atoms with Crippen LogP contribution >= 0.6 is 0 Å². The van der Waals surface area contributed by atoms with E-state index in [4.69, 9.17) is 10.7 Å². The second-order valence-electron chi connectivity index (χ2n) is 2.87. The molecule has 1 heterocycles. The van der Waals surface area contributed by atoms with Crippen LogP contribution < -0.4 is 0 Å². The lowest BCUT2D eigenvalue weighted by Gasteiger charge is -1.99. The van der Waals surface area contributed by atoms with Crippen molar-refractivity contribution in [3.8, 4) is 6.07 Å². The van der Waals surface area contributed by atoms with Gasteiger partial charge >= 0.3 is 0 Å². The zero-order chi connectivity index (χ0) is 9.97. The van der Waals surface area contributed by atoms with E-state index in [1.807, 2.05) is 30.3 Å². The zero-order valence-corrected chi connectivity index (χ0v) is 7.36. The van der Waals surface area contributed by atoms with Crippen molar-refractivity contribution < 1.29 is 0 Å². The topological polar surface area (TPSA) is 60.5 Å². The summed E-state index contributed by atoms with van der Waals surface area (Å²) in [6.07, 6.45) is 1.10. The lowest BCUT2D eigenvalue weighted by atomic mass is 10.1. The fourth-order valence-corrected chi connectivity index (χ4v) is 1.33. The largest absolute Gasteiger partial charge is 0.306 e. The molecule has 1 N–H and O–H groups in total. The summed E-state index contributed by atoms with van der Waals surface area (Å²) < 4.78 is 0. The number of para-hydroxylation sites is 1. The summed E-state index contributed by atoms with van der Waals surface area (Å²) >= 11 is 0. The summed E-state index contributed by atoms with van der Waals surface area (Å²) in [6.45, 7) is 0. The van der Waals surface area contributed by atoms with E-state index in [2.05, 4.69) is 4.98 Å². The number of nitriles is 1. The van der Waals surface area contributed by atoms with Crippen LogP contribution in [0.5, 0.6) is 0 Å². The fraction of sp³-hybridized carbons (Fsp3) is 0. The average molecular weight is 181 g/mol. The molecule has 2 aromatic rings. The van der Waals surface area contributed by atoms with Crippen molar-refractivity contribution >= 4 is 17.1 Å². The van der Waals surface area contributed by atoms with Crippen molar-refractivity contribution in [1.29, 1.82) is 10.7 Å². The Kier molecular flexibility index (Phi) is 1.96. The summed E-state index contributed by atoms with van der Waals surface area (Å²) in [5, 5.41) is 16.9. The van der Waals surface area contributed by atoms with Crippen LogP contribution in [0.4, 0.5) is 0 Å². The molecule has 0 fully saturated rings. The first-order chi connectivity index (χ1) is 6.85. The number of pyridine rings is 1. The van der Waals surface area contributed by atoms with E-state index in [9.17, 15) is 0 Å². The van der Waals surface area contributed by atoms with Crippen molar-refractivity contribution in [1.82, 2.24) is 4.98 Å². The molecule has 66 valence electrons. The van der Waals surface area contributed by atoms with Crippen molar-refractivity contribution in [2.24, 2.45) is 0 Å². The molecule has 1 aromatic carbocycles. The van der Waals surface area contributed by atoms with Gasteiger partial charge in [-0.1, -0.05) is 18.2 Å². The van der Waals surface area contributed by atoms with Gasteiger partial charge < -0.3 is 5.41 Å². The van der Waals surface area contributed by atoms with Gasteiger partial charge in [-0.25, -0.2) is 4.98 Å². The maximum Gasteiger partial charge on any atom is 0.101 e. The van der Waals surface area contributed by atoms with Crippen LogP contribution in [0.2, 0.25) is 0 Å². The number of hydrogen-bond donors (Lipinski definition) is 1. The predicted octanol–water partition coefficient (Wildman–Crippen LogP) is 2.10. The molecule has 0 unspecified atom stereocenters. The van der Waals surface area contributed by atoms with Crippen LogP contribution in [0.1, 0.15) is 11.3 Å². The number of benzene rings is 1. The van der Waals surface area contributed by atoms with Crippen molar-refractivity contribution in [3.05, 3.63) is 41.6 Å². The second-order valence-corrected chi connectivity index (χ2v) is 2.87. The third-order valence-electron chi connectivity index (χ3n) is 2.01. The standard InChI is InChI=1S/C11H7N3/c12-6-9-5-8-3-1-2-4-10(8)14-11(9)7-13/h1-5,7,13H. The van der Waals surface area contributed by atoms with Gasteiger partial charge in [0.25, 0.3) is 0 Å². The molecule has 14 heavy (non-hydrogen) atoms. The highest BCUT2D eigenvalue weighted by atomic mass is 14.7. The van der Waals surface area contributed by atoms with Crippen LogP contribution in [-0.4, -0.2) is 11.2 Å². The fourth-order valence-electron chi connectivity index (χ4n) is 1.33. The molecule has 0 aliphatic carbocycles. The molecule has 0 aliphatic heterocycles. The van der Waals surface area contributed by atoms with Gasteiger partial charge in [-0.15, -0.1) is 0 Å². The lowest BCUT2D eigenvalue weighted by molar-refractivity contribution is 1.33. The molecule has 0 bridgehead atoms. The predicted molar refractivity (Wildman–Crippen MR) is 54.3 cm³/mol. The van der Waals surface area contributed by atoms with Crippen LogP contribution in [0.15, 0.2) is 30.3 Å². The Morgan fingerprint density at radius 3 is 2.86 bits per heavy atom. The highest BCUT2D eigenvalue weighted by Crippen LogP contribution is 2.14. The molecule has 0 spiro atoms. The van der Waals surface area contributed by atoms with Crippen molar-refractivity contribution in [3.63, 3.8) is 0 Å². The number of fused-ring (bicyclic) bond motifs is 1. The number of nitrogens with zero attached hydrogens (tertiary/aromatic N) is 2. The van der Waals surface area contributed by atoms with Gasteiger partial charge in [0, 0.05) is 11.6 Å². The maximum atomic E-state index is 8.82. The molecule has 3 nitrogen and oxygen atoms in total. The molecule has 0 atom stereocenters. The highest BCUT2D eigenvalue weighted by Gasteiger charge is 2.02. The monoisotopic (exact) mass is 181 g/mol. The molecule has 0 radical (unpaired) electrons. The second kappa shape index (κ2) is 3.27. The van der Waals surface area contributed by atoms with Gasteiger partial charge in [0.2, 0.25) is 0 Å². The normalized spacial score (nSPS) is 9.64. The molecule has 3 heteroatoms. The van der Waals surface area contributed by atoms with E-state index in [-0.39, 0.29) is 0 Å². The van der Waals surface area contributed by atoms with Gasteiger partial charge in [0.1, 0.15) is 6.07 Å². The van der Waals surface area contributed by atoms with E-state index in [0.29, 0.717) is 11.3 Å². The van der Waals surface area contributed by atoms with Crippen LogP contribution in [0.25, 0.3) is 10.9 Å². The minimum Gasteiger partial charge on any atom is -0.306 e. The van der Waals surface area contributed by atoms with E-state index in [1.165, 1.54) is 0 Å². The Balaban J connectivity index is 2.83. The van der Waals surface area contributed by atoms with Gasteiger partial charge in [-0.05, 0) is 12.1 Å². The van der Waals surface area contributed by atoms with Crippen LogP contribution in [0, 0.1) is 16.7 Å². The molecular weight excluding hydrogens is 174 g/mol. The van der Waals surface area contributed by atoms with E-state index < -0.39 is 0 Å². The molecular formula is C11H7N3. The summed E-state index contributed by atoms with van der Waals surface area (Å²) in [5.41, 5.74) is 1.68. The first-order valence-corrected chi connectivity index (χ1v) is 4.15. The Hall–Kier alpha value is -2.21. The minimum atomic E-state index is 0.422. The smallest absolute Gasteiger partial charge is 0.101 e. The van der Waals surface area contributed by atoms with Gasteiger partial charge in [0.15, 0.2) is 0 Å². The summed E-state index contributed by atoms with van der Waals surface area (Å²) in [7, 11) is 0. The van der Waals surface area contributed by atoms with Gasteiger partial charge in [-0.2, -0.15) is 5.26 Å². The van der Waals surface area contributed by atoms with E-state index in [0.717, 1.165) is 17.1 Å². The summed E-state index contributed by atoms with van der Waals surface area (Å²) in [6, 6.07) is 11.3. The Labute approximate surface area is 81.1 Å². The molecule has 0 amide bonds. The van der Waals surface area contributed by atoms with E-state index >= 15 is 0 Å². The first-order valence-electron chi connectivity index (χ1n) is 4.15. The zero-order valence-electron chi connectivity index (χ0n) is 7.36. The lowest BCUT2D eigenvalue weighted by Crippen LogP contribution is -1.93. The summed E-state index contributed by atoms with van der Waals surface area (Å²) in [4.78, 5) is 4.20. The van der Waals surface area contributed by atoms with Crippen molar-refractivity contribution in [2.75, 3.05) is 0 Å². The Morgan fingerprint density at radius 1 is 1.36 bits per heavy atom. The number of hydrogen-bond acceptors (Lipinski definition) is 3. The van der Waals surface area contributed by atoms with Crippen LogP contribution in [-0.2, 0) is 0 Å². The molecule has 0 saturated heterocycles. The minimum absolute atomic E-state index is 0.422. The molecule has 0 saturated carbocycles. The molecule has 1 aromatic heterocycles. The summed E-state index contributed by atoms with van der Waals surface area (Å²) in [5.74, 6) is 0. The van der Waals surface area contributed by atoms with Gasteiger partial charge in [-0.3, -0.25) is 0 Å². The number of rotatable bonds is 1. The van der Waals surface area contributed by atoms with Crippen molar-refractivity contribution in [2.45, 2.75) is 0 Å². The third kappa shape index (κ3) is 1.23. The SMILES string of the molecule is N#Cc1cc2ccccc2nc1C=N. The molecule has 2 rings (SSSR count). The van der Waals surface area contributed by atoms with Gasteiger partial charge in [0.05, 0.1) is 16.8 Å². The maximum absolute atomic E-state index is 8.82. The highest BCUT2D eigenvalue weighted by molar-refractivity contribution is 5.87. The number of nitrogens with one attached hydrogen (secondary N) is 1. The van der Waals surface area contributed by atoms with Crippen LogP contribution in [0.3, 0.4) is 0 Å². The Morgan fingerprint density at radius 2 is 2.14 bits per heavy atom. The third-order valence-corrected chi connectivity index (χ3v) is 2.01. The quantitative estimate of drug-likeness (QED) is 0.685. The van der Waals surface area contributed by atoms with E-state index in [1.54, 1.807) is 6.07 Å². The first kappa shape index (κ1) is 8.39. The molecule has 0 aliphatic rings. The Bertz CT molecular complexity index is 538. The average Bonchev–Trinajstić information content (AvgIpc) is 2.27. The number of aromatic nitrogens is 1.